The topological polar surface area (TPSA) is 86.8 Å². The van der Waals surface area contributed by atoms with E-state index in [4.69, 9.17) is 23.2 Å². The van der Waals surface area contributed by atoms with E-state index in [9.17, 15) is 18.0 Å². The number of sulfonamides is 1. The van der Waals surface area contributed by atoms with Crippen molar-refractivity contribution < 1.29 is 18.0 Å². The van der Waals surface area contributed by atoms with Gasteiger partial charge in [-0.15, -0.1) is 0 Å². The van der Waals surface area contributed by atoms with Crippen molar-refractivity contribution in [1.29, 1.82) is 0 Å². The molecular weight excluding hydrogens is 569 g/mol. The molecule has 1 N–H and O–H groups in total. The molecule has 1 aliphatic heterocycles. The molecule has 2 aliphatic rings. The van der Waals surface area contributed by atoms with Crippen LogP contribution in [0.1, 0.15) is 57.4 Å². The molecule has 212 valence electrons. The molecule has 3 aromatic rings. The van der Waals surface area contributed by atoms with Crippen LogP contribution in [0.3, 0.4) is 0 Å². The van der Waals surface area contributed by atoms with Gasteiger partial charge < -0.3 is 10.2 Å². The summed E-state index contributed by atoms with van der Waals surface area (Å²) < 4.78 is 28.1. The molecular formula is C30H33Cl2N3O4S. The van der Waals surface area contributed by atoms with Crippen molar-refractivity contribution in [3.8, 4) is 0 Å². The first-order chi connectivity index (χ1) is 19.2. The van der Waals surface area contributed by atoms with Gasteiger partial charge >= 0.3 is 0 Å². The zero-order valence-electron chi connectivity index (χ0n) is 22.4. The standard InChI is InChI=1S/C30H33Cl2N3O4S/c1-2-25(30(37)33-23-10-3-4-11-23)34(19-21-15-16-22(31)18-24(21)32)28(36)14-7-17-35-26-12-5-8-20-9-6-13-27(29(20)26)40(35,38)39/h5-6,8-9,12-13,15-16,18,23,25H,2-4,7,10-11,14,17,19H2,1H3,(H,33,37). The SMILES string of the molecule is CCC(C(=O)NC1CCCC1)N(Cc1ccc(Cl)cc1Cl)C(=O)CCCN1c2cccc3cccc(c23)S1(=O)=O. The average Bonchev–Trinajstić information content (AvgIpc) is 3.51. The van der Waals surface area contributed by atoms with Crippen LogP contribution in [0.4, 0.5) is 5.69 Å². The molecule has 1 unspecified atom stereocenters. The van der Waals surface area contributed by atoms with Gasteiger partial charge in [0.25, 0.3) is 10.0 Å². The van der Waals surface area contributed by atoms with E-state index in [0.717, 1.165) is 31.1 Å². The minimum Gasteiger partial charge on any atom is -0.352 e. The van der Waals surface area contributed by atoms with Crippen molar-refractivity contribution in [1.82, 2.24) is 10.2 Å². The monoisotopic (exact) mass is 601 g/mol. The maximum Gasteiger partial charge on any atom is 0.265 e. The van der Waals surface area contributed by atoms with Crippen LogP contribution >= 0.6 is 23.2 Å². The number of amides is 2. The third-order valence-electron chi connectivity index (χ3n) is 7.88. The van der Waals surface area contributed by atoms with E-state index in [0.29, 0.717) is 44.4 Å². The molecule has 7 nitrogen and oxygen atoms in total. The zero-order valence-corrected chi connectivity index (χ0v) is 24.7. The van der Waals surface area contributed by atoms with Crippen LogP contribution in [0.2, 0.25) is 10.0 Å². The number of rotatable bonds is 10. The van der Waals surface area contributed by atoms with Gasteiger partial charge in [-0.3, -0.25) is 13.9 Å². The molecule has 3 aromatic carbocycles. The number of carbonyl (C=O) groups excluding carboxylic acids is 2. The molecule has 0 radical (unpaired) electrons. The smallest absolute Gasteiger partial charge is 0.265 e. The van der Waals surface area contributed by atoms with Crippen molar-refractivity contribution >= 4 is 61.5 Å². The van der Waals surface area contributed by atoms with Gasteiger partial charge in [-0.2, -0.15) is 0 Å². The van der Waals surface area contributed by atoms with Crippen molar-refractivity contribution in [3.05, 3.63) is 70.2 Å². The number of hydrogen-bond acceptors (Lipinski definition) is 4. The van der Waals surface area contributed by atoms with E-state index in [1.54, 1.807) is 41.3 Å². The predicted molar refractivity (Wildman–Crippen MR) is 159 cm³/mol. The molecule has 10 heteroatoms. The van der Waals surface area contributed by atoms with Gasteiger partial charge in [-0.1, -0.05) is 73.3 Å². The van der Waals surface area contributed by atoms with E-state index in [2.05, 4.69) is 5.32 Å². The number of anilines is 1. The van der Waals surface area contributed by atoms with Crippen LogP contribution in [-0.4, -0.2) is 43.8 Å². The van der Waals surface area contributed by atoms with Gasteiger partial charge in [0.2, 0.25) is 11.8 Å². The number of benzene rings is 3. The first kappa shape index (κ1) is 28.7. The maximum atomic E-state index is 13.7. The fraction of sp³-hybridized carbons (Fsp3) is 0.400. The van der Waals surface area contributed by atoms with Crippen molar-refractivity contribution in [3.63, 3.8) is 0 Å². The molecule has 1 fully saturated rings. The highest BCUT2D eigenvalue weighted by molar-refractivity contribution is 7.93. The minimum atomic E-state index is -3.71. The van der Waals surface area contributed by atoms with Gasteiger partial charge in [-0.25, -0.2) is 8.42 Å². The highest BCUT2D eigenvalue weighted by atomic mass is 35.5. The van der Waals surface area contributed by atoms with Crippen LogP contribution in [0, 0.1) is 0 Å². The van der Waals surface area contributed by atoms with Crippen LogP contribution < -0.4 is 9.62 Å². The van der Waals surface area contributed by atoms with E-state index >= 15 is 0 Å². The van der Waals surface area contributed by atoms with E-state index in [1.165, 1.54) is 4.31 Å². The van der Waals surface area contributed by atoms with Crippen LogP contribution in [0.5, 0.6) is 0 Å². The number of nitrogens with zero attached hydrogens (tertiary/aromatic N) is 2. The lowest BCUT2D eigenvalue weighted by Crippen LogP contribution is -2.51. The number of halogens is 2. The third kappa shape index (κ3) is 5.67. The molecule has 0 spiro atoms. The zero-order chi connectivity index (χ0) is 28.4. The molecule has 40 heavy (non-hydrogen) atoms. The second-order valence-electron chi connectivity index (χ2n) is 10.5. The lowest BCUT2D eigenvalue weighted by atomic mass is 10.1. The Balaban J connectivity index is 1.34. The summed E-state index contributed by atoms with van der Waals surface area (Å²) in [5.74, 6) is -0.399. The Hall–Kier alpha value is -2.81. The maximum absolute atomic E-state index is 13.7. The molecule has 1 atom stereocenters. The Labute approximate surface area is 245 Å². The molecule has 2 amide bonds. The Morgan fingerprint density at radius 1 is 1.07 bits per heavy atom. The van der Waals surface area contributed by atoms with E-state index in [1.807, 2.05) is 25.1 Å². The third-order valence-corrected chi connectivity index (χ3v) is 10.3. The summed E-state index contributed by atoms with van der Waals surface area (Å²) in [7, 11) is -3.71. The highest BCUT2D eigenvalue weighted by Gasteiger charge is 2.36. The van der Waals surface area contributed by atoms with Crippen LogP contribution in [-0.2, 0) is 26.2 Å². The van der Waals surface area contributed by atoms with Gasteiger partial charge in [0.05, 0.1) is 10.6 Å². The lowest BCUT2D eigenvalue weighted by Gasteiger charge is -2.32. The summed E-state index contributed by atoms with van der Waals surface area (Å²) in [6.45, 7) is 2.19. The summed E-state index contributed by atoms with van der Waals surface area (Å²) in [6, 6.07) is 15.3. The molecule has 5 rings (SSSR count). The van der Waals surface area contributed by atoms with E-state index < -0.39 is 16.1 Å². The van der Waals surface area contributed by atoms with Crippen molar-refractivity contribution in [2.24, 2.45) is 0 Å². The first-order valence-electron chi connectivity index (χ1n) is 13.8. The quantitative estimate of drug-likeness (QED) is 0.295. The normalized spacial score (nSPS) is 16.8. The lowest BCUT2D eigenvalue weighted by molar-refractivity contribution is -0.141. The second-order valence-corrected chi connectivity index (χ2v) is 13.2. The summed E-state index contributed by atoms with van der Waals surface area (Å²) >= 11 is 12.5. The van der Waals surface area contributed by atoms with E-state index in [-0.39, 0.29) is 37.4 Å². The van der Waals surface area contributed by atoms with Gasteiger partial charge in [0, 0.05) is 41.0 Å². The number of carbonyl (C=O) groups is 2. The highest BCUT2D eigenvalue weighted by Crippen LogP contribution is 2.42. The molecule has 0 bridgehead atoms. The van der Waals surface area contributed by atoms with Crippen molar-refractivity contribution in [2.75, 3.05) is 10.8 Å². The molecule has 1 saturated carbocycles. The van der Waals surface area contributed by atoms with Gasteiger partial charge in [0.1, 0.15) is 6.04 Å². The van der Waals surface area contributed by atoms with Gasteiger partial charge in [0.15, 0.2) is 0 Å². The number of nitrogens with one attached hydrogen (secondary N) is 1. The molecule has 1 aliphatic carbocycles. The summed E-state index contributed by atoms with van der Waals surface area (Å²) in [5.41, 5.74) is 1.32. The summed E-state index contributed by atoms with van der Waals surface area (Å²) in [5, 5.41) is 5.62. The molecule has 1 heterocycles. The first-order valence-corrected chi connectivity index (χ1v) is 16.0. The fourth-order valence-corrected chi connectivity index (χ4v) is 8.05. The molecule has 0 aromatic heterocycles. The Bertz CT molecular complexity index is 1530. The predicted octanol–water partition coefficient (Wildman–Crippen LogP) is 6.30. The molecule has 0 saturated heterocycles. The summed E-state index contributed by atoms with van der Waals surface area (Å²) in [6.07, 6.45) is 4.87. The Morgan fingerprint density at radius 3 is 2.50 bits per heavy atom. The Morgan fingerprint density at radius 2 is 1.80 bits per heavy atom. The minimum absolute atomic E-state index is 0.0801. The average molecular weight is 603 g/mol. The van der Waals surface area contributed by atoms with Crippen LogP contribution in [0.15, 0.2) is 59.5 Å². The van der Waals surface area contributed by atoms with Crippen molar-refractivity contribution in [2.45, 2.75) is 75.4 Å². The number of hydrogen-bond donors (Lipinski definition) is 1. The van der Waals surface area contributed by atoms with Gasteiger partial charge in [-0.05, 0) is 60.9 Å². The largest absolute Gasteiger partial charge is 0.352 e. The summed E-state index contributed by atoms with van der Waals surface area (Å²) in [4.78, 5) is 28.9. The Kier molecular flexibility index (Phi) is 8.59. The van der Waals surface area contributed by atoms with Crippen LogP contribution in [0.25, 0.3) is 10.8 Å². The second kappa shape index (κ2) is 12.0. The fourth-order valence-electron chi connectivity index (χ4n) is 5.84.